The Balaban J connectivity index is 1.63. The van der Waals surface area contributed by atoms with Gasteiger partial charge in [-0.1, -0.05) is 19.1 Å². The quantitative estimate of drug-likeness (QED) is 0.811. The first-order chi connectivity index (χ1) is 12.8. The van der Waals surface area contributed by atoms with E-state index < -0.39 is 0 Å². The molecule has 2 aromatic rings. The van der Waals surface area contributed by atoms with Crippen LogP contribution in [0.1, 0.15) is 24.5 Å². The summed E-state index contributed by atoms with van der Waals surface area (Å²) >= 11 is 0. The minimum atomic E-state index is 0.143. The Hall–Kier alpha value is -3.15. The van der Waals surface area contributed by atoms with Crippen molar-refractivity contribution in [2.45, 2.75) is 13.3 Å². The minimum absolute atomic E-state index is 0.143. The Kier molecular flexibility index (Phi) is 4.39. The fourth-order valence-corrected chi connectivity index (χ4v) is 3.06. The lowest BCUT2D eigenvalue weighted by Gasteiger charge is -2.25. The highest BCUT2D eigenvalue weighted by Gasteiger charge is 2.28. The van der Waals surface area contributed by atoms with Gasteiger partial charge in [0.1, 0.15) is 23.2 Å². The Morgan fingerprint density at radius 3 is 2.96 bits per heavy atom. The number of para-hydroxylation sites is 1. The summed E-state index contributed by atoms with van der Waals surface area (Å²) in [6.45, 7) is 4.48. The predicted molar refractivity (Wildman–Crippen MR) is 105 cm³/mol. The lowest BCUT2D eigenvalue weighted by Crippen LogP contribution is -2.36. The molecule has 0 radical (unpaired) electrons. The minimum Gasteiger partial charge on any atom is -0.507 e. The number of fused-ring (bicyclic) bond motifs is 3. The summed E-state index contributed by atoms with van der Waals surface area (Å²) in [6, 6.07) is 11.7. The van der Waals surface area contributed by atoms with E-state index >= 15 is 0 Å². The lowest BCUT2D eigenvalue weighted by atomic mass is 10.1. The molecule has 2 aliphatic heterocycles. The normalized spacial score (nSPS) is 15.9. The zero-order valence-corrected chi connectivity index (χ0v) is 14.7. The smallest absolute Gasteiger partial charge is 0.138 e. The van der Waals surface area contributed by atoms with E-state index in [0.717, 1.165) is 49.0 Å². The first-order valence-corrected chi connectivity index (χ1v) is 8.87. The lowest BCUT2D eigenvalue weighted by molar-refractivity contribution is 0.511. The SMILES string of the molecule is CCCNc1ccc(/C(O)=C/C2=Nc3ccccc3C3=NCCN23)cn1. The zero-order valence-electron chi connectivity index (χ0n) is 14.7. The maximum atomic E-state index is 10.6. The van der Waals surface area contributed by atoms with Crippen LogP contribution in [0, 0.1) is 0 Å². The van der Waals surface area contributed by atoms with Gasteiger partial charge >= 0.3 is 0 Å². The monoisotopic (exact) mass is 347 g/mol. The van der Waals surface area contributed by atoms with Gasteiger partial charge in [0.05, 0.1) is 12.2 Å². The molecular formula is C20H21N5O. The van der Waals surface area contributed by atoms with Gasteiger partial charge in [-0.15, -0.1) is 0 Å². The second-order valence-electron chi connectivity index (χ2n) is 6.23. The summed E-state index contributed by atoms with van der Waals surface area (Å²) in [7, 11) is 0. The third kappa shape index (κ3) is 3.06. The van der Waals surface area contributed by atoms with E-state index in [2.05, 4.69) is 22.2 Å². The van der Waals surface area contributed by atoms with Crippen LogP contribution in [0.3, 0.4) is 0 Å². The highest BCUT2D eigenvalue weighted by atomic mass is 16.3. The largest absolute Gasteiger partial charge is 0.507 e. The highest BCUT2D eigenvalue weighted by molar-refractivity contribution is 6.19. The first kappa shape index (κ1) is 16.3. The molecule has 132 valence electrons. The standard InChI is InChI=1S/C20H21N5O/c1-2-9-21-18-8-7-14(13-23-18)17(26)12-19-24-16-6-4-3-5-15(16)20-22-10-11-25(19)20/h3-8,12-13,26H,2,9-11H2,1H3,(H,21,23)/b17-12-. The van der Waals surface area contributed by atoms with Crippen LogP contribution in [-0.4, -0.2) is 46.3 Å². The third-order valence-electron chi connectivity index (χ3n) is 4.38. The van der Waals surface area contributed by atoms with Gasteiger partial charge in [-0.05, 0) is 30.7 Å². The fourth-order valence-electron chi connectivity index (χ4n) is 3.06. The molecule has 0 amide bonds. The number of nitrogens with zero attached hydrogens (tertiary/aromatic N) is 4. The molecule has 2 aliphatic rings. The Bertz CT molecular complexity index is 899. The van der Waals surface area contributed by atoms with E-state index in [0.29, 0.717) is 11.4 Å². The van der Waals surface area contributed by atoms with E-state index in [1.165, 1.54) is 0 Å². The maximum absolute atomic E-state index is 10.6. The van der Waals surface area contributed by atoms with E-state index in [1.54, 1.807) is 12.3 Å². The van der Waals surface area contributed by atoms with Crippen molar-refractivity contribution in [3.8, 4) is 0 Å². The number of hydrogen-bond donors (Lipinski definition) is 2. The van der Waals surface area contributed by atoms with Crippen molar-refractivity contribution in [3.63, 3.8) is 0 Å². The van der Waals surface area contributed by atoms with Gasteiger partial charge < -0.3 is 15.3 Å². The number of aliphatic hydroxyl groups is 1. The Morgan fingerprint density at radius 2 is 2.15 bits per heavy atom. The van der Waals surface area contributed by atoms with Crippen LogP contribution in [0.5, 0.6) is 0 Å². The third-order valence-corrected chi connectivity index (χ3v) is 4.38. The van der Waals surface area contributed by atoms with Crippen LogP contribution in [0.25, 0.3) is 5.76 Å². The number of rotatable bonds is 5. The molecule has 6 nitrogen and oxygen atoms in total. The van der Waals surface area contributed by atoms with Gasteiger partial charge in [-0.2, -0.15) is 0 Å². The maximum Gasteiger partial charge on any atom is 0.138 e. The molecule has 1 aromatic carbocycles. The summed E-state index contributed by atoms with van der Waals surface area (Å²) in [5, 5.41) is 13.8. The summed E-state index contributed by atoms with van der Waals surface area (Å²) in [4.78, 5) is 15.7. The molecule has 0 spiro atoms. The van der Waals surface area contributed by atoms with Crippen molar-refractivity contribution < 1.29 is 5.11 Å². The van der Waals surface area contributed by atoms with Crippen LogP contribution >= 0.6 is 0 Å². The van der Waals surface area contributed by atoms with Crippen molar-refractivity contribution in [1.29, 1.82) is 0 Å². The second kappa shape index (κ2) is 7.00. The van der Waals surface area contributed by atoms with Crippen molar-refractivity contribution >= 4 is 28.9 Å². The van der Waals surface area contributed by atoms with Gasteiger partial charge in [-0.25, -0.2) is 9.98 Å². The zero-order chi connectivity index (χ0) is 17.9. The number of anilines is 1. The van der Waals surface area contributed by atoms with E-state index in [1.807, 2.05) is 41.3 Å². The second-order valence-corrected chi connectivity index (χ2v) is 6.23. The molecule has 6 heteroatoms. The summed E-state index contributed by atoms with van der Waals surface area (Å²) < 4.78 is 0. The Labute approximate surface area is 152 Å². The van der Waals surface area contributed by atoms with Crippen molar-refractivity contribution in [2.24, 2.45) is 9.98 Å². The van der Waals surface area contributed by atoms with Crippen LogP contribution in [0.4, 0.5) is 11.5 Å². The number of amidine groups is 2. The molecule has 26 heavy (non-hydrogen) atoms. The molecule has 0 fully saturated rings. The van der Waals surface area contributed by atoms with Crippen LogP contribution in [0.2, 0.25) is 0 Å². The van der Waals surface area contributed by atoms with Crippen molar-refractivity contribution in [1.82, 2.24) is 9.88 Å². The van der Waals surface area contributed by atoms with Gasteiger partial charge in [0.15, 0.2) is 0 Å². The molecule has 3 heterocycles. The summed E-state index contributed by atoms with van der Waals surface area (Å²) in [5.74, 6) is 2.57. The van der Waals surface area contributed by atoms with Crippen molar-refractivity contribution in [2.75, 3.05) is 25.0 Å². The number of nitrogens with one attached hydrogen (secondary N) is 1. The number of pyridine rings is 1. The molecule has 0 aliphatic carbocycles. The number of aliphatic hydroxyl groups excluding tert-OH is 1. The molecule has 0 atom stereocenters. The average molecular weight is 347 g/mol. The van der Waals surface area contributed by atoms with E-state index in [4.69, 9.17) is 4.99 Å². The van der Waals surface area contributed by atoms with Crippen LogP contribution < -0.4 is 5.32 Å². The summed E-state index contributed by atoms with van der Waals surface area (Å²) in [5.41, 5.74) is 2.57. The average Bonchev–Trinajstić information content (AvgIpc) is 3.17. The number of benzene rings is 1. The molecule has 4 rings (SSSR count). The van der Waals surface area contributed by atoms with Crippen molar-refractivity contribution in [3.05, 3.63) is 59.8 Å². The molecule has 0 saturated heterocycles. The molecule has 0 saturated carbocycles. The number of hydrogen-bond acceptors (Lipinski definition) is 6. The first-order valence-electron chi connectivity index (χ1n) is 8.87. The van der Waals surface area contributed by atoms with Crippen LogP contribution in [0.15, 0.2) is 58.7 Å². The summed E-state index contributed by atoms with van der Waals surface area (Å²) in [6.07, 6.45) is 4.39. The molecule has 1 aromatic heterocycles. The molecule has 0 bridgehead atoms. The van der Waals surface area contributed by atoms with Crippen LogP contribution in [-0.2, 0) is 0 Å². The predicted octanol–water partition coefficient (Wildman–Crippen LogP) is 3.61. The number of aliphatic imine (C=N–C) groups is 2. The van der Waals surface area contributed by atoms with Gasteiger partial charge in [0, 0.05) is 36.5 Å². The van der Waals surface area contributed by atoms with E-state index in [-0.39, 0.29) is 5.76 Å². The fraction of sp³-hybridized carbons (Fsp3) is 0.250. The number of aromatic nitrogens is 1. The Morgan fingerprint density at radius 1 is 1.27 bits per heavy atom. The molecule has 2 N–H and O–H groups in total. The molecule has 0 unspecified atom stereocenters. The topological polar surface area (TPSA) is 73.1 Å². The van der Waals surface area contributed by atoms with Gasteiger partial charge in [-0.3, -0.25) is 4.99 Å². The highest BCUT2D eigenvalue weighted by Crippen LogP contribution is 2.29. The van der Waals surface area contributed by atoms with Gasteiger partial charge in [0.2, 0.25) is 0 Å². The molecular weight excluding hydrogens is 326 g/mol. The van der Waals surface area contributed by atoms with E-state index in [9.17, 15) is 5.11 Å². The van der Waals surface area contributed by atoms with Gasteiger partial charge in [0.25, 0.3) is 0 Å².